The van der Waals surface area contributed by atoms with Crippen molar-refractivity contribution in [2.75, 3.05) is 0 Å². The van der Waals surface area contributed by atoms with Crippen molar-refractivity contribution in [3.8, 4) is 16.9 Å². The lowest BCUT2D eigenvalue weighted by molar-refractivity contribution is -0.276. The van der Waals surface area contributed by atoms with Gasteiger partial charge >= 0.3 is 6.36 Å². The van der Waals surface area contributed by atoms with Crippen molar-refractivity contribution in [1.82, 2.24) is 0 Å². The number of unbranched alkanes of at least 4 members (excludes halogenated alkanes) is 2. The summed E-state index contributed by atoms with van der Waals surface area (Å²) in [7, 11) is 0. The zero-order valence-corrected chi connectivity index (χ0v) is 20.6. The molecule has 1 aliphatic rings. The molecule has 3 aromatic rings. The molecule has 1 saturated carbocycles. The summed E-state index contributed by atoms with van der Waals surface area (Å²) in [6, 6.07) is 13.5. The van der Waals surface area contributed by atoms with Crippen molar-refractivity contribution < 1.29 is 26.7 Å². The molecule has 0 heterocycles. The lowest BCUT2D eigenvalue weighted by atomic mass is 9.78. The van der Waals surface area contributed by atoms with Gasteiger partial charge in [0.2, 0.25) is 5.75 Å². The Morgan fingerprint density at radius 3 is 2.08 bits per heavy atom. The molecule has 0 atom stereocenters. The molecule has 6 heteroatoms. The number of halogens is 5. The van der Waals surface area contributed by atoms with Crippen LogP contribution in [0.5, 0.6) is 5.75 Å². The van der Waals surface area contributed by atoms with Gasteiger partial charge in [0.25, 0.3) is 0 Å². The second kappa shape index (κ2) is 11.6. The summed E-state index contributed by atoms with van der Waals surface area (Å²) in [4.78, 5) is 0. The Morgan fingerprint density at radius 1 is 0.806 bits per heavy atom. The Labute approximate surface area is 209 Å². The Morgan fingerprint density at radius 2 is 1.44 bits per heavy atom. The van der Waals surface area contributed by atoms with E-state index in [-0.39, 0.29) is 10.8 Å². The maximum Gasteiger partial charge on any atom is 0.573 e. The van der Waals surface area contributed by atoms with Crippen LogP contribution in [0.3, 0.4) is 0 Å². The van der Waals surface area contributed by atoms with Crippen LogP contribution in [-0.2, 0) is 6.42 Å². The number of ether oxygens (including phenoxy) is 1. The molecule has 194 valence electrons. The van der Waals surface area contributed by atoms with E-state index in [1.807, 2.05) is 12.1 Å². The van der Waals surface area contributed by atoms with E-state index in [1.54, 1.807) is 12.1 Å². The maximum atomic E-state index is 14.5. The summed E-state index contributed by atoms with van der Waals surface area (Å²) in [5, 5.41) is 0.0440. The third kappa shape index (κ3) is 6.77. The second-order valence-electron chi connectivity index (χ2n) is 10.1. The Bertz CT molecular complexity index is 1140. The summed E-state index contributed by atoms with van der Waals surface area (Å²) in [5.74, 6) is -2.47. The molecule has 4 rings (SSSR count). The van der Waals surface area contributed by atoms with Crippen LogP contribution in [0.15, 0.2) is 48.5 Å². The van der Waals surface area contributed by atoms with Gasteiger partial charge in [-0.2, -0.15) is 0 Å². The van der Waals surface area contributed by atoms with Crippen LogP contribution in [0.1, 0.15) is 70.3 Å². The molecule has 1 fully saturated rings. The normalized spacial score (nSPS) is 18.5. The first-order valence-corrected chi connectivity index (χ1v) is 13.0. The molecule has 0 spiro atoms. The van der Waals surface area contributed by atoms with E-state index in [0.29, 0.717) is 0 Å². The van der Waals surface area contributed by atoms with Crippen molar-refractivity contribution in [3.63, 3.8) is 0 Å². The van der Waals surface area contributed by atoms with E-state index in [4.69, 9.17) is 0 Å². The summed E-state index contributed by atoms with van der Waals surface area (Å²) < 4.78 is 69.7. The van der Waals surface area contributed by atoms with Crippen LogP contribution in [0.2, 0.25) is 0 Å². The third-order valence-electron chi connectivity index (χ3n) is 7.52. The van der Waals surface area contributed by atoms with E-state index in [9.17, 15) is 22.0 Å². The lowest BCUT2D eigenvalue weighted by Crippen LogP contribution is -2.19. The molecule has 0 saturated heterocycles. The van der Waals surface area contributed by atoms with E-state index in [0.717, 1.165) is 35.4 Å². The average molecular weight is 505 g/mol. The minimum atomic E-state index is -5.18. The highest BCUT2D eigenvalue weighted by molar-refractivity contribution is 5.89. The van der Waals surface area contributed by atoms with Gasteiger partial charge in [0.15, 0.2) is 11.6 Å². The van der Waals surface area contributed by atoms with Gasteiger partial charge in [0, 0.05) is 5.39 Å². The molecular formula is C30H33F5O. The Hall–Kier alpha value is -2.63. The van der Waals surface area contributed by atoms with E-state index < -0.39 is 23.7 Å². The number of aryl methyl sites for hydroxylation is 1. The zero-order chi connectivity index (χ0) is 25.7. The van der Waals surface area contributed by atoms with Crippen molar-refractivity contribution in [2.24, 2.45) is 11.8 Å². The van der Waals surface area contributed by atoms with Crippen molar-refractivity contribution in [3.05, 3.63) is 65.7 Å². The number of alkyl halides is 3. The standard InChI is InChI=1S/C30H33F5O/c1-2-3-4-5-20-6-8-21(9-7-20)10-11-22-12-14-23(15-13-22)24-16-17-26-25(18-24)19-27(31)29(28(26)32)36-30(33,34)35/h12-21H,2-11H2,1H3. The van der Waals surface area contributed by atoms with Crippen LogP contribution >= 0.6 is 0 Å². The highest BCUT2D eigenvalue weighted by Crippen LogP contribution is 2.36. The van der Waals surface area contributed by atoms with E-state index in [1.165, 1.54) is 69.4 Å². The van der Waals surface area contributed by atoms with Gasteiger partial charge in [-0.05, 0) is 58.9 Å². The van der Waals surface area contributed by atoms with Crippen molar-refractivity contribution >= 4 is 10.8 Å². The van der Waals surface area contributed by atoms with Crippen LogP contribution in [0.4, 0.5) is 22.0 Å². The van der Waals surface area contributed by atoms with Gasteiger partial charge < -0.3 is 4.74 Å². The molecule has 0 radical (unpaired) electrons. The van der Waals surface area contributed by atoms with Crippen molar-refractivity contribution in [2.45, 2.75) is 77.5 Å². The van der Waals surface area contributed by atoms with Gasteiger partial charge in [0.05, 0.1) is 0 Å². The van der Waals surface area contributed by atoms with Gasteiger partial charge in [-0.15, -0.1) is 13.2 Å². The Kier molecular flexibility index (Phi) is 8.53. The lowest BCUT2D eigenvalue weighted by Gasteiger charge is -2.28. The van der Waals surface area contributed by atoms with Crippen LogP contribution in [0, 0.1) is 23.5 Å². The van der Waals surface area contributed by atoms with Crippen LogP contribution < -0.4 is 4.74 Å². The number of benzene rings is 3. The van der Waals surface area contributed by atoms with Gasteiger partial charge in [-0.1, -0.05) is 94.7 Å². The first-order chi connectivity index (χ1) is 17.2. The average Bonchev–Trinajstić information content (AvgIpc) is 2.86. The first-order valence-electron chi connectivity index (χ1n) is 13.0. The maximum absolute atomic E-state index is 14.5. The quantitative estimate of drug-likeness (QED) is 0.208. The minimum absolute atomic E-state index is 0.129. The van der Waals surface area contributed by atoms with E-state index in [2.05, 4.69) is 23.8 Å². The number of hydrogen-bond acceptors (Lipinski definition) is 1. The predicted octanol–water partition coefficient (Wildman–Crippen LogP) is 10.0. The molecule has 0 bridgehead atoms. The third-order valence-corrected chi connectivity index (χ3v) is 7.52. The molecule has 0 aliphatic heterocycles. The molecule has 3 aromatic carbocycles. The molecule has 36 heavy (non-hydrogen) atoms. The molecule has 1 nitrogen and oxygen atoms in total. The first kappa shape index (κ1) is 26.4. The molecule has 0 unspecified atom stereocenters. The summed E-state index contributed by atoms with van der Waals surface area (Å²) >= 11 is 0. The fourth-order valence-electron chi connectivity index (χ4n) is 5.43. The fourth-order valence-corrected chi connectivity index (χ4v) is 5.43. The largest absolute Gasteiger partial charge is 0.573 e. The number of fused-ring (bicyclic) bond motifs is 1. The highest BCUT2D eigenvalue weighted by atomic mass is 19.4. The van der Waals surface area contributed by atoms with Crippen LogP contribution in [-0.4, -0.2) is 6.36 Å². The van der Waals surface area contributed by atoms with Gasteiger partial charge in [0.1, 0.15) is 0 Å². The Balaban J connectivity index is 1.37. The molecule has 1 aliphatic carbocycles. The minimum Gasteiger partial charge on any atom is -0.399 e. The predicted molar refractivity (Wildman–Crippen MR) is 134 cm³/mol. The zero-order valence-electron chi connectivity index (χ0n) is 20.6. The molecule has 0 amide bonds. The SMILES string of the molecule is CCCCCC1CCC(CCc2ccc(-c3ccc4c(F)c(OC(F)(F)F)c(F)cc4c3)cc2)CC1. The number of rotatable bonds is 9. The van der Waals surface area contributed by atoms with Gasteiger partial charge in [-0.3, -0.25) is 0 Å². The topological polar surface area (TPSA) is 9.23 Å². The summed E-state index contributed by atoms with van der Waals surface area (Å²) in [6.07, 6.45) is 7.81. The molecule has 0 aromatic heterocycles. The number of hydrogen-bond donors (Lipinski definition) is 0. The molecular weight excluding hydrogens is 471 g/mol. The van der Waals surface area contributed by atoms with E-state index >= 15 is 0 Å². The monoisotopic (exact) mass is 504 g/mol. The summed E-state index contributed by atoms with van der Waals surface area (Å²) in [6.45, 7) is 2.25. The van der Waals surface area contributed by atoms with Crippen LogP contribution in [0.25, 0.3) is 21.9 Å². The molecule has 0 N–H and O–H groups in total. The van der Waals surface area contributed by atoms with Gasteiger partial charge in [-0.25, -0.2) is 8.78 Å². The second-order valence-corrected chi connectivity index (χ2v) is 10.1. The smallest absolute Gasteiger partial charge is 0.399 e. The fraction of sp³-hybridized carbons (Fsp3) is 0.467. The highest BCUT2D eigenvalue weighted by Gasteiger charge is 2.34. The van der Waals surface area contributed by atoms with Crippen molar-refractivity contribution in [1.29, 1.82) is 0 Å². The summed E-state index contributed by atoms with van der Waals surface area (Å²) in [5.41, 5.74) is 2.87.